The molecule has 0 heterocycles. The third-order valence-corrected chi connectivity index (χ3v) is 6.74. The Morgan fingerprint density at radius 2 is 1.52 bits per heavy atom. The van der Waals surface area contributed by atoms with Gasteiger partial charge in [-0.25, -0.2) is 14.4 Å². The lowest BCUT2D eigenvalue weighted by atomic mass is 9.98. The minimum atomic E-state index is -0.987. The van der Waals surface area contributed by atoms with E-state index in [9.17, 15) is 19.2 Å². The largest absolute Gasteiger partial charge is 0.467 e. The number of hydrogen-bond donors (Lipinski definition) is 3. The van der Waals surface area contributed by atoms with Crippen molar-refractivity contribution in [3.05, 3.63) is 72.3 Å². The average Bonchev–Trinajstić information content (AvgIpc) is 3.27. The molecule has 2 atom stereocenters. The first kappa shape index (κ1) is 32.2. The summed E-state index contributed by atoms with van der Waals surface area (Å²) in [4.78, 5) is 50.2. The number of amides is 3. The smallest absolute Gasteiger partial charge is 0.407 e. The Bertz CT molecular complexity index is 1230. The van der Waals surface area contributed by atoms with E-state index >= 15 is 0 Å². The van der Waals surface area contributed by atoms with Crippen molar-refractivity contribution >= 4 is 24.1 Å². The van der Waals surface area contributed by atoms with Crippen LogP contribution in [-0.2, 0) is 23.8 Å². The highest BCUT2D eigenvalue weighted by molar-refractivity contribution is 5.89. The summed E-state index contributed by atoms with van der Waals surface area (Å²) in [5.41, 5.74) is 3.75. The molecule has 0 saturated carbocycles. The van der Waals surface area contributed by atoms with Crippen molar-refractivity contribution in [1.29, 1.82) is 0 Å². The fourth-order valence-electron chi connectivity index (χ4n) is 4.82. The summed E-state index contributed by atoms with van der Waals surface area (Å²) in [6.45, 7) is 9.38. The molecule has 1 aliphatic carbocycles. The maximum Gasteiger partial charge on any atom is 0.407 e. The van der Waals surface area contributed by atoms with Gasteiger partial charge in [-0.2, -0.15) is 0 Å². The van der Waals surface area contributed by atoms with Crippen molar-refractivity contribution < 1.29 is 33.4 Å². The molecular weight excluding hydrogens is 538 g/mol. The molecule has 0 fully saturated rings. The second-order valence-corrected chi connectivity index (χ2v) is 11.1. The van der Waals surface area contributed by atoms with E-state index in [4.69, 9.17) is 14.2 Å². The van der Waals surface area contributed by atoms with Crippen LogP contribution in [-0.4, -0.2) is 62.0 Å². The predicted octanol–water partition coefficient (Wildman–Crippen LogP) is 4.82. The molecule has 3 N–H and O–H groups in total. The third kappa shape index (κ3) is 9.09. The van der Waals surface area contributed by atoms with Gasteiger partial charge in [-0.05, 0) is 68.7 Å². The van der Waals surface area contributed by atoms with Crippen LogP contribution in [0.5, 0.6) is 0 Å². The van der Waals surface area contributed by atoms with Crippen LogP contribution in [0.4, 0.5) is 9.59 Å². The van der Waals surface area contributed by atoms with E-state index in [1.807, 2.05) is 48.5 Å². The Hall–Kier alpha value is -4.34. The molecule has 0 radical (unpaired) electrons. The molecule has 10 nitrogen and oxygen atoms in total. The van der Waals surface area contributed by atoms with Gasteiger partial charge in [-0.3, -0.25) is 4.79 Å². The summed E-state index contributed by atoms with van der Waals surface area (Å²) in [5.74, 6) is -1.31. The van der Waals surface area contributed by atoms with Gasteiger partial charge in [0.2, 0.25) is 5.91 Å². The van der Waals surface area contributed by atoms with E-state index in [2.05, 4.69) is 22.5 Å². The van der Waals surface area contributed by atoms with E-state index in [1.165, 1.54) is 13.2 Å². The predicted molar refractivity (Wildman–Crippen MR) is 159 cm³/mol. The van der Waals surface area contributed by atoms with Crippen LogP contribution < -0.4 is 16.0 Å². The van der Waals surface area contributed by atoms with Gasteiger partial charge < -0.3 is 30.2 Å². The molecule has 2 aromatic rings. The van der Waals surface area contributed by atoms with Gasteiger partial charge in [0.25, 0.3) is 0 Å². The van der Waals surface area contributed by atoms with Gasteiger partial charge in [0.1, 0.15) is 24.3 Å². The number of methoxy groups -OCH3 is 1. The van der Waals surface area contributed by atoms with Gasteiger partial charge >= 0.3 is 18.2 Å². The number of nitrogens with one attached hydrogen (secondary N) is 3. The quantitative estimate of drug-likeness (QED) is 0.134. The highest BCUT2D eigenvalue weighted by atomic mass is 16.6. The average molecular weight is 580 g/mol. The molecule has 2 unspecified atom stereocenters. The standard InChI is InChI=1S/C32H41N3O7/c1-6-13-27(29(37)40-5)34-28(36)26(18-11-12-19-33-30(38)42-32(2,3)4)35-31(39)41-20-25-23-16-9-7-14-21(23)22-15-8-10-17-24(22)25/h6-10,14-17,25-27H,1,11-13,18-20H2,2-5H3,(H,33,38)(H,34,36)(H,35,39). The summed E-state index contributed by atoms with van der Waals surface area (Å²) in [7, 11) is 1.23. The number of carbonyl (C=O) groups excluding carboxylic acids is 4. The van der Waals surface area contributed by atoms with E-state index in [0.29, 0.717) is 19.4 Å². The number of carbonyl (C=O) groups is 4. The van der Waals surface area contributed by atoms with Crippen LogP contribution in [0.25, 0.3) is 11.1 Å². The molecule has 10 heteroatoms. The fourth-order valence-corrected chi connectivity index (χ4v) is 4.82. The number of hydrogen-bond acceptors (Lipinski definition) is 7. The van der Waals surface area contributed by atoms with Crippen LogP contribution in [0.2, 0.25) is 0 Å². The van der Waals surface area contributed by atoms with Crippen LogP contribution in [0.1, 0.15) is 63.5 Å². The van der Waals surface area contributed by atoms with Crippen LogP contribution in [0.3, 0.4) is 0 Å². The summed E-state index contributed by atoms with van der Waals surface area (Å²) >= 11 is 0. The lowest BCUT2D eigenvalue weighted by Gasteiger charge is -2.22. The maximum absolute atomic E-state index is 13.2. The molecule has 0 aliphatic heterocycles. The van der Waals surface area contributed by atoms with E-state index in [1.54, 1.807) is 20.8 Å². The molecule has 0 bridgehead atoms. The Morgan fingerprint density at radius 1 is 0.905 bits per heavy atom. The number of esters is 1. The van der Waals surface area contributed by atoms with Crippen molar-refractivity contribution in [2.75, 3.05) is 20.3 Å². The number of ether oxygens (including phenoxy) is 3. The topological polar surface area (TPSA) is 132 Å². The lowest BCUT2D eigenvalue weighted by molar-refractivity contribution is -0.145. The number of benzene rings is 2. The molecule has 2 aromatic carbocycles. The summed E-state index contributed by atoms with van der Waals surface area (Å²) in [6, 6.07) is 14.1. The molecule has 0 aromatic heterocycles. The molecule has 0 spiro atoms. The van der Waals surface area contributed by atoms with Gasteiger partial charge in [0, 0.05) is 12.5 Å². The fraction of sp³-hybridized carbons (Fsp3) is 0.438. The minimum Gasteiger partial charge on any atom is -0.467 e. The third-order valence-electron chi connectivity index (χ3n) is 6.74. The highest BCUT2D eigenvalue weighted by Crippen LogP contribution is 2.44. The molecule has 42 heavy (non-hydrogen) atoms. The Morgan fingerprint density at radius 3 is 2.10 bits per heavy atom. The monoisotopic (exact) mass is 579 g/mol. The van der Waals surface area contributed by atoms with Crippen LogP contribution in [0.15, 0.2) is 61.2 Å². The van der Waals surface area contributed by atoms with E-state index < -0.39 is 41.7 Å². The van der Waals surface area contributed by atoms with Gasteiger partial charge in [0.05, 0.1) is 7.11 Å². The molecular formula is C32H41N3O7. The van der Waals surface area contributed by atoms with E-state index in [-0.39, 0.29) is 25.4 Å². The first-order valence-corrected chi connectivity index (χ1v) is 14.1. The first-order valence-electron chi connectivity index (χ1n) is 14.1. The highest BCUT2D eigenvalue weighted by Gasteiger charge is 2.30. The van der Waals surface area contributed by atoms with Crippen LogP contribution >= 0.6 is 0 Å². The Labute approximate surface area is 247 Å². The number of fused-ring (bicyclic) bond motifs is 3. The Balaban J connectivity index is 1.62. The second-order valence-electron chi connectivity index (χ2n) is 11.1. The van der Waals surface area contributed by atoms with Gasteiger partial charge in [0.15, 0.2) is 0 Å². The molecule has 0 saturated heterocycles. The zero-order chi connectivity index (χ0) is 30.7. The van der Waals surface area contributed by atoms with Crippen molar-refractivity contribution in [3.8, 4) is 11.1 Å². The number of unbranched alkanes of at least 4 members (excludes halogenated alkanes) is 1. The SMILES string of the molecule is C=CCC(NC(=O)C(CCCCNC(=O)OC(C)(C)C)NC(=O)OCC1c2ccccc2-c2ccccc21)C(=O)OC. The first-order chi connectivity index (χ1) is 20.0. The molecule has 226 valence electrons. The van der Waals surface area contributed by atoms with Crippen LogP contribution in [0, 0.1) is 0 Å². The summed E-state index contributed by atoms with van der Waals surface area (Å²) in [6.07, 6.45) is 1.65. The Kier molecular flexibility index (Phi) is 11.5. The number of rotatable bonds is 13. The summed E-state index contributed by atoms with van der Waals surface area (Å²) in [5, 5.41) is 7.97. The molecule has 3 rings (SSSR count). The van der Waals surface area contributed by atoms with E-state index in [0.717, 1.165) is 22.3 Å². The molecule has 3 amide bonds. The van der Waals surface area contributed by atoms with Crippen molar-refractivity contribution in [2.45, 2.75) is 70.1 Å². The van der Waals surface area contributed by atoms with Gasteiger partial charge in [-0.1, -0.05) is 54.6 Å². The molecule has 1 aliphatic rings. The maximum atomic E-state index is 13.2. The van der Waals surface area contributed by atoms with Crippen molar-refractivity contribution in [3.63, 3.8) is 0 Å². The van der Waals surface area contributed by atoms with Crippen molar-refractivity contribution in [1.82, 2.24) is 16.0 Å². The second kappa shape index (κ2) is 15.0. The number of alkyl carbamates (subject to hydrolysis) is 2. The van der Waals surface area contributed by atoms with Crippen molar-refractivity contribution in [2.24, 2.45) is 0 Å². The zero-order valence-electron chi connectivity index (χ0n) is 24.7. The minimum absolute atomic E-state index is 0.0925. The zero-order valence-corrected chi connectivity index (χ0v) is 24.7. The normalized spacial score (nSPS) is 13.5. The van der Waals surface area contributed by atoms with Gasteiger partial charge in [-0.15, -0.1) is 6.58 Å². The summed E-state index contributed by atoms with van der Waals surface area (Å²) < 4.78 is 15.6. The lowest BCUT2D eigenvalue weighted by Crippen LogP contribution is -2.52.